The van der Waals surface area contributed by atoms with Gasteiger partial charge in [0.05, 0.1) is 6.10 Å². The van der Waals surface area contributed by atoms with Gasteiger partial charge in [0.15, 0.2) is 0 Å². The molecule has 2 atom stereocenters. The van der Waals surface area contributed by atoms with Gasteiger partial charge in [0.1, 0.15) is 8.07 Å². The van der Waals surface area contributed by atoms with Gasteiger partial charge in [-0.3, -0.25) is 0 Å². The van der Waals surface area contributed by atoms with Gasteiger partial charge in [-0.25, -0.2) is 0 Å². The standard InChI is InChI=1S/C27H34OSi/c1-21(2)25(28)26(22-15-9-6-10-16-22)29(27(3,4)5,23-17-11-7-12-18-23)24-19-13-8-14-20-24/h6-21,25-26,28H,1-5H3/t25-,26+/m1/s1. The van der Waals surface area contributed by atoms with Crippen LogP contribution in [0, 0.1) is 5.92 Å². The maximum Gasteiger partial charge on any atom is 0.133 e. The number of rotatable bonds is 6. The maximum atomic E-state index is 11.7. The Morgan fingerprint density at radius 3 is 1.38 bits per heavy atom. The Kier molecular flexibility index (Phi) is 6.45. The van der Waals surface area contributed by atoms with Gasteiger partial charge in [0.2, 0.25) is 0 Å². The predicted molar refractivity (Wildman–Crippen MR) is 128 cm³/mol. The summed E-state index contributed by atoms with van der Waals surface area (Å²) in [6.45, 7) is 11.4. The van der Waals surface area contributed by atoms with Crippen LogP contribution in [0.25, 0.3) is 0 Å². The molecule has 0 unspecified atom stereocenters. The molecule has 1 nitrogen and oxygen atoms in total. The highest BCUT2D eigenvalue weighted by Gasteiger charge is 2.55. The van der Waals surface area contributed by atoms with Crippen molar-refractivity contribution in [3.63, 3.8) is 0 Å². The molecule has 0 spiro atoms. The third kappa shape index (κ3) is 3.97. The van der Waals surface area contributed by atoms with Crippen molar-refractivity contribution in [1.29, 1.82) is 0 Å². The second-order valence-electron chi connectivity index (χ2n) is 9.41. The molecule has 0 bridgehead atoms. The van der Waals surface area contributed by atoms with Crippen LogP contribution < -0.4 is 10.4 Å². The Morgan fingerprint density at radius 1 is 0.655 bits per heavy atom. The fraction of sp³-hybridized carbons (Fsp3) is 0.333. The van der Waals surface area contributed by atoms with Crippen LogP contribution in [0.5, 0.6) is 0 Å². The quantitative estimate of drug-likeness (QED) is 0.548. The molecular weight excluding hydrogens is 368 g/mol. The van der Waals surface area contributed by atoms with E-state index in [-0.39, 0.29) is 16.5 Å². The van der Waals surface area contributed by atoms with Gasteiger partial charge in [0, 0.05) is 5.54 Å². The normalized spacial score (nSPS) is 14.6. The molecule has 0 amide bonds. The van der Waals surface area contributed by atoms with Gasteiger partial charge < -0.3 is 5.11 Å². The minimum absolute atomic E-state index is 0.00785. The molecule has 0 aliphatic rings. The van der Waals surface area contributed by atoms with E-state index in [0.717, 1.165) is 0 Å². The third-order valence-electron chi connectivity index (χ3n) is 6.29. The summed E-state index contributed by atoms with van der Waals surface area (Å²) < 4.78 is 0. The summed E-state index contributed by atoms with van der Waals surface area (Å²) in [4.78, 5) is 0. The van der Waals surface area contributed by atoms with E-state index in [1.165, 1.54) is 15.9 Å². The first-order valence-corrected chi connectivity index (χ1v) is 12.7. The number of benzene rings is 3. The lowest BCUT2D eigenvalue weighted by atomic mass is 9.98. The lowest BCUT2D eigenvalue weighted by molar-refractivity contribution is 0.116. The van der Waals surface area contributed by atoms with Gasteiger partial charge in [-0.2, -0.15) is 0 Å². The van der Waals surface area contributed by atoms with Crippen LogP contribution in [-0.4, -0.2) is 19.3 Å². The highest BCUT2D eigenvalue weighted by Crippen LogP contribution is 2.47. The van der Waals surface area contributed by atoms with E-state index in [9.17, 15) is 5.11 Å². The molecule has 0 aliphatic heterocycles. The number of aliphatic hydroxyl groups excluding tert-OH is 1. The topological polar surface area (TPSA) is 20.2 Å². The molecule has 0 saturated carbocycles. The number of hydrogen-bond acceptors (Lipinski definition) is 1. The lowest BCUT2D eigenvalue weighted by Gasteiger charge is -2.51. The number of aliphatic hydroxyl groups is 1. The van der Waals surface area contributed by atoms with Crippen molar-refractivity contribution in [2.45, 2.75) is 51.3 Å². The molecule has 29 heavy (non-hydrogen) atoms. The highest BCUT2D eigenvalue weighted by atomic mass is 28.3. The molecule has 1 N–H and O–H groups in total. The second-order valence-corrected chi connectivity index (χ2v) is 14.3. The molecule has 0 heterocycles. The van der Waals surface area contributed by atoms with Crippen molar-refractivity contribution >= 4 is 18.4 Å². The summed E-state index contributed by atoms with van der Waals surface area (Å²) in [6, 6.07) is 32.6. The SMILES string of the molecule is CC(C)[C@@H](O)[C@H](c1ccccc1)[Si](c1ccccc1)(c1ccccc1)C(C)(C)C. The smallest absolute Gasteiger partial charge is 0.133 e. The van der Waals surface area contributed by atoms with Gasteiger partial charge >= 0.3 is 0 Å². The zero-order valence-electron chi connectivity index (χ0n) is 18.3. The van der Waals surface area contributed by atoms with Crippen LogP contribution >= 0.6 is 0 Å². The molecule has 0 aliphatic carbocycles. The van der Waals surface area contributed by atoms with Crippen molar-refractivity contribution in [3.8, 4) is 0 Å². The molecule has 3 aromatic carbocycles. The fourth-order valence-electron chi connectivity index (χ4n) is 5.01. The van der Waals surface area contributed by atoms with E-state index in [2.05, 4.69) is 126 Å². The molecule has 0 aromatic heterocycles. The van der Waals surface area contributed by atoms with E-state index < -0.39 is 14.2 Å². The maximum absolute atomic E-state index is 11.7. The lowest BCUT2D eigenvalue weighted by Crippen LogP contribution is -2.70. The summed E-state index contributed by atoms with van der Waals surface area (Å²) in [6.07, 6.45) is -0.427. The Hall–Kier alpha value is -2.16. The van der Waals surface area contributed by atoms with Crippen LogP contribution in [0.15, 0.2) is 91.0 Å². The molecule has 3 rings (SSSR count). The number of hydrogen-bond donors (Lipinski definition) is 1. The summed E-state index contributed by atoms with van der Waals surface area (Å²) in [5, 5.41) is 14.5. The zero-order chi connectivity index (χ0) is 21.1. The average Bonchev–Trinajstić information content (AvgIpc) is 2.72. The van der Waals surface area contributed by atoms with Gasteiger partial charge in [-0.1, -0.05) is 136 Å². The van der Waals surface area contributed by atoms with Gasteiger partial charge in [-0.15, -0.1) is 0 Å². The van der Waals surface area contributed by atoms with E-state index >= 15 is 0 Å². The van der Waals surface area contributed by atoms with E-state index in [1.54, 1.807) is 0 Å². The summed E-state index contributed by atoms with van der Waals surface area (Å²) in [5.41, 5.74) is 1.29. The summed E-state index contributed by atoms with van der Waals surface area (Å²) in [7, 11) is -2.50. The summed E-state index contributed by atoms with van der Waals surface area (Å²) >= 11 is 0. The van der Waals surface area contributed by atoms with E-state index in [1.807, 2.05) is 0 Å². The van der Waals surface area contributed by atoms with E-state index in [0.29, 0.717) is 0 Å². The predicted octanol–water partition coefficient (Wildman–Crippen LogP) is 5.39. The average molecular weight is 403 g/mol. The van der Waals surface area contributed by atoms with Crippen LogP contribution in [0.4, 0.5) is 0 Å². The first-order valence-electron chi connectivity index (χ1n) is 10.6. The van der Waals surface area contributed by atoms with Crippen molar-refractivity contribution in [1.82, 2.24) is 0 Å². The highest BCUT2D eigenvalue weighted by molar-refractivity contribution is 7.05. The van der Waals surface area contributed by atoms with E-state index in [4.69, 9.17) is 0 Å². The van der Waals surface area contributed by atoms with Crippen molar-refractivity contribution in [2.75, 3.05) is 0 Å². The molecule has 152 valence electrons. The molecule has 0 fully saturated rings. The largest absolute Gasteiger partial charge is 0.393 e. The van der Waals surface area contributed by atoms with Crippen LogP contribution in [0.3, 0.4) is 0 Å². The molecule has 2 heteroatoms. The van der Waals surface area contributed by atoms with Gasteiger partial charge in [-0.05, 0) is 16.5 Å². The van der Waals surface area contributed by atoms with Crippen LogP contribution in [0.2, 0.25) is 5.04 Å². The molecule has 0 saturated heterocycles. The fourth-order valence-corrected chi connectivity index (χ4v) is 11.8. The molecule has 0 radical (unpaired) electrons. The summed E-state index contributed by atoms with van der Waals surface area (Å²) in [5.74, 6) is 0.168. The van der Waals surface area contributed by atoms with Crippen molar-refractivity contribution in [3.05, 3.63) is 96.6 Å². The Morgan fingerprint density at radius 2 is 1.03 bits per heavy atom. The third-order valence-corrected chi connectivity index (χ3v) is 12.8. The minimum atomic E-state index is -2.50. The van der Waals surface area contributed by atoms with Crippen LogP contribution in [0.1, 0.15) is 45.7 Å². The van der Waals surface area contributed by atoms with Crippen molar-refractivity contribution in [2.24, 2.45) is 5.92 Å². The van der Waals surface area contributed by atoms with Gasteiger partial charge in [0.25, 0.3) is 0 Å². The monoisotopic (exact) mass is 402 g/mol. The zero-order valence-corrected chi connectivity index (χ0v) is 19.3. The first-order chi connectivity index (χ1) is 13.8. The Bertz CT molecular complexity index is 843. The molecule has 3 aromatic rings. The van der Waals surface area contributed by atoms with Crippen molar-refractivity contribution < 1.29 is 5.11 Å². The Labute approximate surface area is 177 Å². The molecular formula is C27H34OSi. The second kappa shape index (κ2) is 8.69. The first kappa shape index (κ1) is 21.5. The van der Waals surface area contributed by atoms with Crippen LogP contribution in [-0.2, 0) is 0 Å². The Balaban J connectivity index is 2.45. The minimum Gasteiger partial charge on any atom is -0.393 e.